The SMILES string of the molecule is C[C@@H](CNC(=O)OC(C)(C)C)Oc1cccc(OCC2CCCC2)c1. The van der Waals surface area contributed by atoms with Crippen LogP contribution in [0.1, 0.15) is 53.4 Å². The van der Waals surface area contributed by atoms with Gasteiger partial charge in [0.2, 0.25) is 0 Å². The number of carbonyl (C=O) groups excluding carboxylic acids is 1. The molecule has 0 heterocycles. The highest BCUT2D eigenvalue weighted by atomic mass is 16.6. The highest BCUT2D eigenvalue weighted by Crippen LogP contribution is 2.27. The van der Waals surface area contributed by atoms with Crippen molar-refractivity contribution >= 4 is 6.09 Å². The molecule has 1 saturated carbocycles. The van der Waals surface area contributed by atoms with Crippen LogP contribution in [0.25, 0.3) is 0 Å². The molecule has 1 aromatic carbocycles. The van der Waals surface area contributed by atoms with Crippen LogP contribution in [0.3, 0.4) is 0 Å². The molecule has 1 aromatic rings. The first-order valence-corrected chi connectivity index (χ1v) is 9.18. The number of hydrogen-bond acceptors (Lipinski definition) is 4. The molecular formula is C20H31NO4. The van der Waals surface area contributed by atoms with Crippen LogP contribution < -0.4 is 14.8 Å². The summed E-state index contributed by atoms with van der Waals surface area (Å²) < 4.78 is 17.0. The second-order valence-electron chi connectivity index (χ2n) is 7.75. The zero-order chi connectivity index (χ0) is 18.3. The minimum atomic E-state index is -0.501. The predicted octanol–water partition coefficient (Wildman–Crippen LogP) is 4.55. The van der Waals surface area contributed by atoms with E-state index in [9.17, 15) is 4.79 Å². The second kappa shape index (κ2) is 8.97. The molecule has 1 atom stereocenters. The van der Waals surface area contributed by atoms with Crippen LogP contribution in [0.2, 0.25) is 0 Å². The molecule has 0 spiro atoms. The third kappa shape index (κ3) is 7.67. The third-order valence-corrected chi connectivity index (χ3v) is 4.04. The Kier molecular flexibility index (Phi) is 6.97. The molecule has 1 N–H and O–H groups in total. The number of carbonyl (C=O) groups is 1. The quantitative estimate of drug-likeness (QED) is 0.785. The summed E-state index contributed by atoms with van der Waals surface area (Å²) in [5.74, 6) is 2.25. The Morgan fingerprint density at radius 1 is 1.24 bits per heavy atom. The molecule has 1 fully saturated rings. The Hall–Kier alpha value is -1.91. The van der Waals surface area contributed by atoms with Gasteiger partial charge in [0.15, 0.2) is 0 Å². The van der Waals surface area contributed by atoms with Gasteiger partial charge < -0.3 is 19.5 Å². The molecule has 1 aliphatic rings. The Labute approximate surface area is 151 Å². The van der Waals surface area contributed by atoms with Gasteiger partial charge >= 0.3 is 6.09 Å². The van der Waals surface area contributed by atoms with E-state index in [4.69, 9.17) is 14.2 Å². The van der Waals surface area contributed by atoms with Crippen molar-refractivity contribution in [3.63, 3.8) is 0 Å². The van der Waals surface area contributed by atoms with Crippen LogP contribution >= 0.6 is 0 Å². The molecule has 0 aliphatic heterocycles. The van der Waals surface area contributed by atoms with Crippen molar-refractivity contribution in [1.82, 2.24) is 5.32 Å². The maximum atomic E-state index is 11.7. The maximum absolute atomic E-state index is 11.7. The lowest BCUT2D eigenvalue weighted by molar-refractivity contribution is 0.0505. The number of benzene rings is 1. The van der Waals surface area contributed by atoms with E-state index in [2.05, 4.69) is 5.32 Å². The standard InChI is InChI=1S/C20H31NO4/c1-15(13-21-19(22)25-20(2,3)4)24-18-11-7-10-17(12-18)23-14-16-8-5-6-9-16/h7,10-12,15-16H,5-6,8-9,13-14H2,1-4H3,(H,21,22)/t15-/m0/s1. The van der Waals surface area contributed by atoms with E-state index in [1.54, 1.807) is 0 Å². The van der Waals surface area contributed by atoms with Gasteiger partial charge in [0.25, 0.3) is 0 Å². The van der Waals surface area contributed by atoms with Gasteiger partial charge in [-0.25, -0.2) is 4.79 Å². The molecule has 5 heteroatoms. The molecule has 25 heavy (non-hydrogen) atoms. The summed E-state index contributed by atoms with van der Waals surface area (Å²) >= 11 is 0. The van der Waals surface area contributed by atoms with Gasteiger partial charge in [-0.1, -0.05) is 18.9 Å². The van der Waals surface area contributed by atoms with Crippen molar-refractivity contribution in [3.05, 3.63) is 24.3 Å². The lowest BCUT2D eigenvalue weighted by Crippen LogP contribution is -2.37. The van der Waals surface area contributed by atoms with Gasteiger partial charge in [-0.05, 0) is 58.6 Å². The average molecular weight is 349 g/mol. The third-order valence-electron chi connectivity index (χ3n) is 4.04. The fourth-order valence-electron chi connectivity index (χ4n) is 2.84. The van der Waals surface area contributed by atoms with E-state index in [0.717, 1.165) is 18.1 Å². The molecular weight excluding hydrogens is 318 g/mol. The summed E-state index contributed by atoms with van der Waals surface area (Å²) in [6.07, 6.45) is 4.57. The van der Waals surface area contributed by atoms with Crippen LogP contribution in [0, 0.1) is 5.92 Å². The lowest BCUT2D eigenvalue weighted by Gasteiger charge is -2.21. The summed E-state index contributed by atoms with van der Waals surface area (Å²) in [5, 5.41) is 2.72. The maximum Gasteiger partial charge on any atom is 0.407 e. The minimum Gasteiger partial charge on any atom is -0.493 e. The summed E-state index contributed by atoms with van der Waals surface area (Å²) in [6, 6.07) is 7.67. The van der Waals surface area contributed by atoms with Crippen molar-refractivity contribution < 1.29 is 19.0 Å². The number of alkyl carbamates (subject to hydrolysis) is 1. The summed E-state index contributed by atoms with van der Waals surface area (Å²) in [5.41, 5.74) is -0.501. The molecule has 0 bridgehead atoms. The van der Waals surface area contributed by atoms with Crippen LogP contribution in [-0.4, -0.2) is 30.9 Å². The Morgan fingerprint density at radius 2 is 1.92 bits per heavy atom. The molecule has 0 unspecified atom stereocenters. The van der Waals surface area contributed by atoms with Crippen molar-refractivity contribution in [2.45, 2.75) is 65.1 Å². The zero-order valence-electron chi connectivity index (χ0n) is 15.8. The van der Waals surface area contributed by atoms with E-state index in [-0.39, 0.29) is 6.10 Å². The van der Waals surface area contributed by atoms with Crippen molar-refractivity contribution in [1.29, 1.82) is 0 Å². The zero-order valence-corrected chi connectivity index (χ0v) is 15.8. The molecule has 0 radical (unpaired) electrons. The molecule has 5 nitrogen and oxygen atoms in total. The summed E-state index contributed by atoms with van der Waals surface area (Å²) in [7, 11) is 0. The second-order valence-corrected chi connectivity index (χ2v) is 7.75. The van der Waals surface area contributed by atoms with Gasteiger partial charge in [-0.15, -0.1) is 0 Å². The molecule has 1 amide bonds. The van der Waals surface area contributed by atoms with Crippen molar-refractivity contribution in [3.8, 4) is 11.5 Å². The van der Waals surface area contributed by atoms with Crippen LogP contribution in [0.15, 0.2) is 24.3 Å². The number of hydrogen-bond donors (Lipinski definition) is 1. The van der Waals surface area contributed by atoms with Gasteiger partial charge in [0.1, 0.15) is 23.2 Å². The van der Waals surface area contributed by atoms with Crippen LogP contribution in [0.4, 0.5) is 4.79 Å². The Morgan fingerprint density at radius 3 is 2.60 bits per heavy atom. The van der Waals surface area contributed by atoms with Gasteiger partial charge in [-0.2, -0.15) is 0 Å². The van der Waals surface area contributed by atoms with Crippen LogP contribution in [0.5, 0.6) is 11.5 Å². The number of rotatable bonds is 7. The smallest absolute Gasteiger partial charge is 0.407 e. The van der Waals surface area contributed by atoms with E-state index in [1.165, 1.54) is 25.7 Å². The molecule has 2 rings (SSSR count). The number of ether oxygens (including phenoxy) is 3. The fraction of sp³-hybridized carbons (Fsp3) is 0.650. The molecule has 0 saturated heterocycles. The monoisotopic (exact) mass is 349 g/mol. The fourth-order valence-corrected chi connectivity index (χ4v) is 2.84. The van der Waals surface area contributed by atoms with E-state index < -0.39 is 11.7 Å². The average Bonchev–Trinajstić information content (AvgIpc) is 3.03. The Bertz CT molecular complexity index is 547. The molecule has 140 valence electrons. The largest absolute Gasteiger partial charge is 0.493 e. The first kappa shape index (κ1) is 19.4. The van der Waals surface area contributed by atoms with Gasteiger partial charge in [-0.3, -0.25) is 0 Å². The predicted molar refractivity (Wildman–Crippen MR) is 98.2 cm³/mol. The van der Waals surface area contributed by atoms with Crippen molar-refractivity contribution in [2.24, 2.45) is 5.92 Å². The minimum absolute atomic E-state index is 0.169. The lowest BCUT2D eigenvalue weighted by atomic mass is 10.1. The van der Waals surface area contributed by atoms with E-state index in [1.807, 2.05) is 52.0 Å². The normalized spacial score (nSPS) is 16.3. The highest BCUT2D eigenvalue weighted by molar-refractivity contribution is 5.67. The molecule has 0 aromatic heterocycles. The highest BCUT2D eigenvalue weighted by Gasteiger charge is 2.17. The molecule has 1 aliphatic carbocycles. The van der Waals surface area contributed by atoms with Crippen LogP contribution in [-0.2, 0) is 4.74 Å². The summed E-state index contributed by atoms with van der Waals surface area (Å²) in [4.78, 5) is 11.7. The van der Waals surface area contributed by atoms with E-state index >= 15 is 0 Å². The first-order chi connectivity index (χ1) is 11.8. The first-order valence-electron chi connectivity index (χ1n) is 9.18. The number of amides is 1. The Balaban J connectivity index is 1.75. The topological polar surface area (TPSA) is 56.8 Å². The van der Waals surface area contributed by atoms with Gasteiger partial charge in [0, 0.05) is 6.07 Å². The number of nitrogens with one attached hydrogen (secondary N) is 1. The summed E-state index contributed by atoms with van der Waals surface area (Å²) in [6.45, 7) is 8.57. The van der Waals surface area contributed by atoms with Gasteiger partial charge in [0.05, 0.1) is 13.2 Å². The van der Waals surface area contributed by atoms with Crippen molar-refractivity contribution in [2.75, 3.05) is 13.2 Å². The van der Waals surface area contributed by atoms with E-state index in [0.29, 0.717) is 12.5 Å².